The Hall–Kier alpha value is -4.08. The van der Waals surface area contributed by atoms with E-state index in [1.54, 1.807) is 0 Å². The van der Waals surface area contributed by atoms with E-state index in [1.807, 2.05) is 0 Å². The Labute approximate surface area is 189 Å². The highest BCUT2D eigenvalue weighted by atomic mass is 16.6. The zero-order chi connectivity index (χ0) is 24.3. The molecule has 1 aliphatic heterocycles. The van der Waals surface area contributed by atoms with Crippen LogP contribution in [0, 0.1) is 0 Å². The first-order valence-corrected chi connectivity index (χ1v) is 9.79. The van der Waals surface area contributed by atoms with Gasteiger partial charge in [0.15, 0.2) is 17.6 Å². The molecule has 0 aromatic heterocycles. The minimum atomic E-state index is -1.36. The van der Waals surface area contributed by atoms with Crippen molar-refractivity contribution in [2.45, 2.75) is 33.0 Å². The van der Waals surface area contributed by atoms with Gasteiger partial charge in [-0.05, 0) is 12.1 Å². The lowest BCUT2D eigenvalue weighted by atomic mass is 9.92. The number of carbonyl (C=O) groups is 4. The normalized spacial score (nSPS) is 16.7. The number of benzene rings is 2. The molecule has 0 fully saturated rings. The number of Topliss-reactive ketones (excluding diaryl/α,β-unsaturated/α-hetero) is 1. The molecule has 0 aliphatic carbocycles. The summed E-state index contributed by atoms with van der Waals surface area (Å²) in [6.45, 7) is 3.54. The summed E-state index contributed by atoms with van der Waals surface area (Å²) in [5.74, 6) is -1.86. The summed E-state index contributed by atoms with van der Waals surface area (Å²) in [7, 11) is 2.83. The molecule has 2 atom stereocenters. The van der Waals surface area contributed by atoms with Crippen LogP contribution in [0.4, 0.5) is 0 Å². The summed E-state index contributed by atoms with van der Waals surface area (Å²) >= 11 is 0. The molecular formula is C23H22O10. The Morgan fingerprint density at radius 2 is 1.48 bits per heavy atom. The van der Waals surface area contributed by atoms with Gasteiger partial charge in [0.25, 0.3) is 0 Å². The SMILES string of the molecule is COc1cc(OC)c2c(c1)O[C@H](c1ccc(OC(C)=O)c(OC(C)=O)c1)[C@H](OC(C)=O)C2=O. The van der Waals surface area contributed by atoms with E-state index in [-0.39, 0.29) is 28.6 Å². The quantitative estimate of drug-likeness (QED) is 0.471. The van der Waals surface area contributed by atoms with E-state index in [4.69, 9.17) is 28.4 Å². The number of fused-ring (bicyclic) bond motifs is 1. The molecule has 1 aliphatic rings. The largest absolute Gasteiger partial charge is 0.496 e. The fourth-order valence-corrected chi connectivity index (χ4v) is 3.37. The van der Waals surface area contributed by atoms with Gasteiger partial charge in [0.1, 0.15) is 22.8 Å². The lowest BCUT2D eigenvalue weighted by Crippen LogP contribution is -2.39. The fraction of sp³-hybridized carbons (Fsp3) is 0.304. The highest BCUT2D eigenvalue weighted by molar-refractivity contribution is 6.06. The lowest BCUT2D eigenvalue weighted by Gasteiger charge is -2.33. The van der Waals surface area contributed by atoms with Gasteiger partial charge >= 0.3 is 17.9 Å². The molecule has 0 bridgehead atoms. The van der Waals surface area contributed by atoms with Gasteiger partial charge in [-0.3, -0.25) is 19.2 Å². The maximum absolute atomic E-state index is 13.4. The van der Waals surface area contributed by atoms with Crippen LogP contribution < -0.4 is 23.7 Å². The molecule has 2 aromatic carbocycles. The van der Waals surface area contributed by atoms with Crippen molar-refractivity contribution in [2.24, 2.45) is 0 Å². The van der Waals surface area contributed by atoms with Crippen molar-refractivity contribution in [1.82, 2.24) is 0 Å². The molecule has 0 spiro atoms. The second-order valence-electron chi connectivity index (χ2n) is 7.03. The van der Waals surface area contributed by atoms with Crippen molar-refractivity contribution < 1.29 is 47.6 Å². The van der Waals surface area contributed by atoms with Crippen LogP contribution in [0.2, 0.25) is 0 Å². The Morgan fingerprint density at radius 1 is 0.818 bits per heavy atom. The molecule has 0 amide bonds. The van der Waals surface area contributed by atoms with Gasteiger partial charge in [-0.2, -0.15) is 0 Å². The third kappa shape index (κ3) is 5.05. The van der Waals surface area contributed by atoms with Gasteiger partial charge in [-0.25, -0.2) is 0 Å². The van der Waals surface area contributed by atoms with Crippen molar-refractivity contribution in [2.75, 3.05) is 14.2 Å². The molecular weight excluding hydrogens is 436 g/mol. The smallest absolute Gasteiger partial charge is 0.308 e. The molecule has 10 heteroatoms. The standard InChI is InChI=1S/C23H22O10/c1-11(24)30-16-7-6-14(8-17(16)31-12(2)25)22-23(32-13(3)26)21(27)20-18(29-5)9-15(28-4)10-19(20)33-22/h6-10,22-23H,1-5H3/t22-,23-/m1/s1. The number of ketones is 1. The first-order valence-electron chi connectivity index (χ1n) is 9.79. The first-order chi connectivity index (χ1) is 15.6. The van der Waals surface area contributed by atoms with Gasteiger partial charge in [0, 0.05) is 38.5 Å². The minimum absolute atomic E-state index is 0.00337. The predicted molar refractivity (Wildman–Crippen MR) is 112 cm³/mol. The van der Waals surface area contributed by atoms with Crippen molar-refractivity contribution in [3.63, 3.8) is 0 Å². The Bertz CT molecular complexity index is 1120. The summed E-state index contributed by atoms with van der Waals surface area (Å²) in [6.07, 6.45) is -2.46. The first kappa shape index (κ1) is 23.6. The van der Waals surface area contributed by atoms with Crippen LogP contribution >= 0.6 is 0 Å². The molecule has 10 nitrogen and oxygen atoms in total. The average molecular weight is 458 g/mol. The molecule has 0 saturated carbocycles. The van der Waals surface area contributed by atoms with E-state index < -0.39 is 35.9 Å². The monoisotopic (exact) mass is 458 g/mol. The number of hydrogen-bond donors (Lipinski definition) is 0. The van der Waals surface area contributed by atoms with Crippen molar-refractivity contribution in [3.8, 4) is 28.7 Å². The van der Waals surface area contributed by atoms with Gasteiger partial charge in [-0.1, -0.05) is 6.07 Å². The average Bonchev–Trinajstić information content (AvgIpc) is 2.74. The zero-order valence-electron chi connectivity index (χ0n) is 18.6. The summed E-state index contributed by atoms with van der Waals surface area (Å²) in [5, 5.41) is 0. The molecule has 2 aromatic rings. The van der Waals surface area contributed by atoms with Gasteiger partial charge in [-0.15, -0.1) is 0 Å². The summed E-state index contributed by atoms with van der Waals surface area (Å²) < 4.78 is 32.2. The second kappa shape index (κ2) is 9.60. The van der Waals surface area contributed by atoms with Gasteiger partial charge in [0.2, 0.25) is 11.9 Å². The molecule has 3 rings (SSSR count). The number of ether oxygens (including phenoxy) is 6. The Kier molecular flexibility index (Phi) is 6.86. The van der Waals surface area contributed by atoms with Crippen molar-refractivity contribution in [3.05, 3.63) is 41.5 Å². The Balaban J connectivity index is 2.14. The van der Waals surface area contributed by atoms with E-state index in [9.17, 15) is 19.2 Å². The third-order valence-electron chi connectivity index (χ3n) is 4.63. The number of esters is 3. The van der Waals surface area contributed by atoms with Crippen LogP contribution in [0.5, 0.6) is 28.7 Å². The van der Waals surface area contributed by atoms with E-state index in [0.717, 1.165) is 0 Å². The van der Waals surface area contributed by atoms with E-state index in [1.165, 1.54) is 65.3 Å². The molecule has 33 heavy (non-hydrogen) atoms. The van der Waals surface area contributed by atoms with E-state index in [0.29, 0.717) is 11.3 Å². The number of carbonyl (C=O) groups excluding carboxylic acids is 4. The predicted octanol–water partition coefficient (Wildman–Crippen LogP) is 2.80. The van der Waals surface area contributed by atoms with Gasteiger partial charge < -0.3 is 28.4 Å². The summed E-state index contributed by atoms with van der Waals surface area (Å²) in [4.78, 5) is 48.1. The maximum atomic E-state index is 13.4. The topological polar surface area (TPSA) is 124 Å². The number of methoxy groups -OCH3 is 2. The van der Waals surface area contributed by atoms with E-state index in [2.05, 4.69) is 0 Å². The summed E-state index contributed by atoms with van der Waals surface area (Å²) in [5.41, 5.74) is 0.423. The molecule has 0 saturated heterocycles. The van der Waals surface area contributed by atoms with Crippen LogP contribution in [0.1, 0.15) is 42.8 Å². The van der Waals surface area contributed by atoms with Gasteiger partial charge in [0.05, 0.1) is 14.2 Å². The third-order valence-corrected chi connectivity index (χ3v) is 4.63. The van der Waals surface area contributed by atoms with Crippen molar-refractivity contribution >= 4 is 23.7 Å². The lowest BCUT2D eigenvalue weighted by molar-refractivity contribution is -0.149. The number of rotatable bonds is 6. The highest BCUT2D eigenvalue weighted by Crippen LogP contribution is 2.44. The maximum Gasteiger partial charge on any atom is 0.308 e. The zero-order valence-corrected chi connectivity index (χ0v) is 18.6. The van der Waals surface area contributed by atoms with Crippen molar-refractivity contribution in [1.29, 1.82) is 0 Å². The Morgan fingerprint density at radius 3 is 2.06 bits per heavy atom. The fourth-order valence-electron chi connectivity index (χ4n) is 3.37. The van der Waals surface area contributed by atoms with Crippen LogP contribution in [-0.2, 0) is 19.1 Å². The van der Waals surface area contributed by atoms with Crippen LogP contribution in [0.25, 0.3) is 0 Å². The number of hydrogen-bond acceptors (Lipinski definition) is 10. The summed E-state index contributed by atoms with van der Waals surface area (Å²) in [6, 6.07) is 7.28. The molecule has 0 radical (unpaired) electrons. The van der Waals surface area contributed by atoms with Crippen LogP contribution in [0.3, 0.4) is 0 Å². The second-order valence-corrected chi connectivity index (χ2v) is 7.03. The van der Waals surface area contributed by atoms with E-state index >= 15 is 0 Å². The molecule has 0 N–H and O–H groups in total. The van der Waals surface area contributed by atoms with Crippen LogP contribution in [-0.4, -0.2) is 44.0 Å². The molecule has 174 valence electrons. The highest BCUT2D eigenvalue weighted by Gasteiger charge is 2.43. The molecule has 0 unspecified atom stereocenters. The minimum Gasteiger partial charge on any atom is -0.496 e. The molecule has 1 heterocycles. The van der Waals surface area contributed by atoms with Crippen LogP contribution in [0.15, 0.2) is 30.3 Å².